The van der Waals surface area contributed by atoms with Gasteiger partial charge in [0.1, 0.15) is 11.9 Å². The number of nitriles is 1. The van der Waals surface area contributed by atoms with E-state index in [0.29, 0.717) is 16.6 Å². The minimum absolute atomic E-state index is 0.263. The maximum absolute atomic E-state index is 13.3. The van der Waals surface area contributed by atoms with Crippen LogP contribution in [0.5, 0.6) is 0 Å². The molecular formula is C13H10BrFN2S. The molecule has 1 heterocycles. The summed E-state index contributed by atoms with van der Waals surface area (Å²) in [7, 11) is 0. The number of nitrogens with one attached hydrogen (secondary N) is 1. The second-order valence-corrected chi connectivity index (χ2v) is 5.70. The molecule has 5 heteroatoms. The number of thiophene rings is 1. The lowest BCUT2D eigenvalue weighted by molar-refractivity contribution is 0.620. The number of aryl methyl sites for hydroxylation is 1. The van der Waals surface area contributed by atoms with Gasteiger partial charge in [-0.15, -0.1) is 11.3 Å². The number of anilines is 1. The zero-order valence-electron chi connectivity index (χ0n) is 9.63. The summed E-state index contributed by atoms with van der Waals surface area (Å²) in [5, 5.41) is 13.8. The first kappa shape index (κ1) is 13.1. The third-order valence-corrected chi connectivity index (χ3v) is 4.05. The van der Waals surface area contributed by atoms with Gasteiger partial charge in [0.2, 0.25) is 0 Å². The van der Waals surface area contributed by atoms with Gasteiger partial charge in [-0.1, -0.05) is 0 Å². The van der Waals surface area contributed by atoms with Gasteiger partial charge in [-0.3, -0.25) is 0 Å². The lowest BCUT2D eigenvalue weighted by Crippen LogP contribution is -2.00. The van der Waals surface area contributed by atoms with Crippen LogP contribution in [-0.2, 0) is 6.54 Å². The van der Waals surface area contributed by atoms with Gasteiger partial charge in [-0.05, 0) is 46.6 Å². The van der Waals surface area contributed by atoms with Crippen LogP contribution < -0.4 is 5.32 Å². The molecule has 0 aliphatic rings. The molecule has 1 aromatic heterocycles. The molecule has 1 N–H and O–H groups in total. The van der Waals surface area contributed by atoms with Crippen LogP contribution in [-0.4, -0.2) is 0 Å². The molecule has 92 valence electrons. The van der Waals surface area contributed by atoms with Gasteiger partial charge in [0, 0.05) is 22.5 Å². The average molecular weight is 325 g/mol. The van der Waals surface area contributed by atoms with E-state index in [-0.39, 0.29) is 5.82 Å². The van der Waals surface area contributed by atoms with E-state index in [1.807, 2.05) is 18.4 Å². The summed E-state index contributed by atoms with van der Waals surface area (Å²) in [6.07, 6.45) is 0. The maximum Gasteiger partial charge on any atom is 0.137 e. The Hall–Kier alpha value is -1.38. The van der Waals surface area contributed by atoms with Crippen molar-refractivity contribution in [2.75, 3.05) is 5.32 Å². The molecule has 0 fully saturated rings. The molecule has 0 unspecified atom stereocenters. The van der Waals surface area contributed by atoms with Gasteiger partial charge in [0.15, 0.2) is 0 Å². The van der Waals surface area contributed by atoms with Gasteiger partial charge in [-0.25, -0.2) is 4.39 Å². The minimum Gasteiger partial charge on any atom is -0.380 e. The molecule has 0 saturated carbocycles. The first-order valence-corrected chi connectivity index (χ1v) is 6.94. The van der Waals surface area contributed by atoms with Crippen molar-refractivity contribution in [2.45, 2.75) is 13.5 Å². The molecule has 0 aliphatic carbocycles. The quantitative estimate of drug-likeness (QED) is 0.905. The summed E-state index contributed by atoms with van der Waals surface area (Å²) >= 11 is 4.70. The van der Waals surface area contributed by atoms with E-state index < -0.39 is 0 Å². The molecule has 0 bridgehead atoms. The third kappa shape index (κ3) is 2.89. The van der Waals surface area contributed by atoms with E-state index in [2.05, 4.69) is 27.3 Å². The second-order valence-electron chi connectivity index (χ2n) is 3.85. The fraction of sp³-hybridized carbons (Fsp3) is 0.154. The molecule has 1 aromatic carbocycles. The van der Waals surface area contributed by atoms with Gasteiger partial charge in [-0.2, -0.15) is 5.26 Å². The Kier molecular flexibility index (Phi) is 4.00. The van der Waals surface area contributed by atoms with E-state index in [9.17, 15) is 4.39 Å². The van der Waals surface area contributed by atoms with Crippen molar-refractivity contribution < 1.29 is 4.39 Å². The van der Waals surface area contributed by atoms with Crippen molar-refractivity contribution in [2.24, 2.45) is 0 Å². The lowest BCUT2D eigenvalue weighted by atomic mass is 10.2. The Balaban J connectivity index is 2.11. The van der Waals surface area contributed by atoms with Crippen molar-refractivity contribution in [3.63, 3.8) is 0 Å². The van der Waals surface area contributed by atoms with E-state index >= 15 is 0 Å². The summed E-state index contributed by atoms with van der Waals surface area (Å²) in [4.78, 5) is 1.08. The normalized spacial score (nSPS) is 10.1. The molecule has 2 rings (SSSR count). The molecule has 2 aromatic rings. The van der Waals surface area contributed by atoms with Crippen LogP contribution in [0.2, 0.25) is 0 Å². The van der Waals surface area contributed by atoms with Crippen molar-refractivity contribution in [1.29, 1.82) is 5.26 Å². The molecule has 0 amide bonds. The van der Waals surface area contributed by atoms with Crippen molar-refractivity contribution in [1.82, 2.24) is 0 Å². The number of hydrogen-bond acceptors (Lipinski definition) is 3. The highest BCUT2D eigenvalue weighted by atomic mass is 79.9. The Morgan fingerprint density at radius 3 is 2.89 bits per heavy atom. The first-order chi connectivity index (χ1) is 8.60. The predicted octanol–water partition coefficient (Wildman–Crippen LogP) is 4.44. The van der Waals surface area contributed by atoms with Crippen LogP contribution >= 0.6 is 27.3 Å². The fourth-order valence-corrected chi connectivity index (χ4v) is 2.64. The molecule has 0 aliphatic heterocycles. The minimum atomic E-state index is -0.263. The maximum atomic E-state index is 13.3. The smallest absolute Gasteiger partial charge is 0.137 e. The number of nitrogens with zero attached hydrogens (tertiary/aromatic N) is 1. The van der Waals surface area contributed by atoms with E-state index in [1.54, 1.807) is 6.07 Å². The van der Waals surface area contributed by atoms with Gasteiger partial charge in [0.25, 0.3) is 0 Å². The molecule has 2 nitrogen and oxygen atoms in total. The second kappa shape index (κ2) is 5.51. The molecule has 0 atom stereocenters. The topological polar surface area (TPSA) is 35.8 Å². The van der Waals surface area contributed by atoms with E-state index in [4.69, 9.17) is 5.26 Å². The highest BCUT2D eigenvalue weighted by Gasteiger charge is 2.05. The van der Waals surface area contributed by atoms with Crippen molar-refractivity contribution in [3.05, 3.63) is 49.9 Å². The SMILES string of the molecule is Cc1cc(F)c(Br)cc1NCc1cc(C#N)cs1. The summed E-state index contributed by atoms with van der Waals surface area (Å²) in [5.74, 6) is -0.263. The summed E-state index contributed by atoms with van der Waals surface area (Å²) < 4.78 is 13.7. The van der Waals surface area contributed by atoms with Gasteiger partial charge in [0.05, 0.1) is 10.0 Å². The zero-order valence-corrected chi connectivity index (χ0v) is 12.0. The van der Waals surface area contributed by atoms with Crippen LogP contribution in [0, 0.1) is 24.1 Å². The van der Waals surface area contributed by atoms with Crippen molar-refractivity contribution in [3.8, 4) is 6.07 Å². The highest BCUT2D eigenvalue weighted by molar-refractivity contribution is 9.10. The number of benzene rings is 1. The predicted molar refractivity (Wildman–Crippen MR) is 75.2 cm³/mol. The number of hydrogen-bond donors (Lipinski definition) is 1. The summed E-state index contributed by atoms with van der Waals surface area (Å²) in [5.41, 5.74) is 2.41. The largest absolute Gasteiger partial charge is 0.380 e. The Bertz CT molecular complexity index is 616. The van der Waals surface area contributed by atoms with E-state index in [0.717, 1.165) is 16.1 Å². The molecule has 18 heavy (non-hydrogen) atoms. The number of rotatable bonds is 3. The molecular weight excluding hydrogens is 315 g/mol. The summed E-state index contributed by atoms with van der Waals surface area (Å²) in [6, 6.07) is 7.17. The summed E-state index contributed by atoms with van der Waals surface area (Å²) in [6.45, 7) is 2.48. The third-order valence-electron chi connectivity index (χ3n) is 2.50. The zero-order chi connectivity index (χ0) is 13.1. The Morgan fingerprint density at radius 2 is 2.22 bits per heavy atom. The van der Waals surface area contributed by atoms with Gasteiger partial charge >= 0.3 is 0 Å². The molecule has 0 spiro atoms. The number of halogens is 2. The van der Waals surface area contributed by atoms with Crippen LogP contribution in [0.1, 0.15) is 16.0 Å². The average Bonchev–Trinajstić information content (AvgIpc) is 2.80. The lowest BCUT2D eigenvalue weighted by Gasteiger charge is -2.09. The van der Waals surface area contributed by atoms with Gasteiger partial charge < -0.3 is 5.32 Å². The van der Waals surface area contributed by atoms with Crippen LogP contribution in [0.25, 0.3) is 0 Å². The fourth-order valence-electron chi connectivity index (χ4n) is 1.55. The monoisotopic (exact) mass is 324 g/mol. The van der Waals surface area contributed by atoms with Crippen LogP contribution in [0.4, 0.5) is 10.1 Å². The standard InChI is InChI=1S/C13H10BrFN2S/c1-8-2-12(15)11(14)4-13(8)17-6-10-3-9(5-16)7-18-10/h2-4,7,17H,6H2,1H3. The first-order valence-electron chi connectivity index (χ1n) is 5.27. The van der Waals surface area contributed by atoms with Crippen molar-refractivity contribution >= 4 is 33.0 Å². The Labute approximate surface area is 117 Å². The van der Waals surface area contributed by atoms with Crippen LogP contribution in [0.3, 0.4) is 0 Å². The molecule has 0 saturated heterocycles. The molecule has 0 radical (unpaired) electrons. The Morgan fingerprint density at radius 1 is 1.44 bits per heavy atom. The highest BCUT2D eigenvalue weighted by Crippen LogP contribution is 2.25. The van der Waals surface area contributed by atoms with E-state index in [1.165, 1.54) is 17.4 Å². The van der Waals surface area contributed by atoms with Crippen LogP contribution in [0.15, 0.2) is 28.1 Å².